The van der Waals surface area contributed by atoms with Crippen molar-refractivity contribution in [3.63, 3.8) is 0 Å². The van der Waals surface area contributed by atoms with Crippen molar-refractivity contribution in [1.82, 2.24) is 0 Å². The summed E-state index contributed by atoms with van der Waals surface area (Å²) in [7, 11) is 0. The highest BCUT2D eigenvalue weighted by atomic mass is 35.5. The molecule has 0 heterocycles. The Kier molecular flexibility index (Phi) is 3.41. The molecule has 78 valence electrons. The normalized spacial score (nSPS) is 11.1. The highest BCUT2D eigenvalue weighted by molar-refractivity contribution is 6.42. The third-order valence-electron chi connectivity index (χ3n) is 1.58. The molecule has 0 saturated carbocycles. The monoisotopic (exact) mass is 227 g/mol. The van der Waals surface area contributed by atoms with Crippen LogP contribution in [-0.4, -0.2) is 16.0 Å². The summed E-state index contributed by atoms with van der Waals surface area (Å²) in [6.45, 7) is 0. The van der Waals surface area contributed by atoms with Gasteiger partial charge in [0.05, 0.1) is 4.92 Å². The van der Waals surface area contributed by atoms with Gasteiger partial charge in [0.15, 0.2) is 0 Å². The summed E-state index contributed by atoms with van der Waals surface area (Å²) >= 11 is 5.37. The second kappa shape index (κ2) is 4.56. The minimum Gasteiger partial charge on any atom is -0.477 e. The van der Waals surface area contributed by atoms with Gasteiger partial charge in [0.25, 0.3) is 5.69 Å². The number of nitro groups is 1. The quantitative estimate of drug-likeness (QED) is 0.488. The summed E-state index contributed by atoms with van der Waals surface area (Å²) in [5.41, 5.74) is 0.259. The highest BCUT2D eigenvalue weighted by Crippen LogP contribution is 2.16. The van der Waals surface area contributed by atoms with E-state index in [2.05, 4.69) is 0 Å². The molecule has 0 spiro atoms. The zero-order valence-corrected chi connectivity index (χ0v) is 8.14. The molecule has 0 saturated heterocycles. The maximum atomic E-state index is 10.4. The molecule has 6 heteroatoms. The lowest BCUT2D eigenvalue weighted by molar-refractivity contribution is -0.384. The smallest absolute Gasteiger partial charge is 0.347 e. The Morgan fingerprint density at radius 2 is 2.20 bits per heavy atom. The van der Waals surface area contributed by atoms with Gasteiger partial charge in [0, 0.05) is 12.1 Å². The van der Waals surface area contributed by atoms with Gasteiger partial charge >= 0.3 is 5.97 Å². The zero-order valence-electron chi connectivity index (χ0n) is 7.38. The molecule has 1 N–H and O–H groups in total. The van der Waals surface area contributed by atoms with Gasteiger partial charge in [-0.2, -0.15) is 0 Å². The highest BCUT2D eigenvalue weighted by Gasteiger charge is 2.06. The minimum absolute atomic E-state index is 0.112. The second-order valence-electron chi connectivity index (χ2n) is 2.65. The van der Waals surface area contributed by atoms with Crippen molar-refractivity contribution in [3.05, 3.63) is 45.0 Å². The van der Waals surface area contributed by atoms with Gasteiger partial charge in [-0.1, -0.05) is 23.7 Å². The predicted octanol–water partition coefficient (Wildman–Crippen LogP) is 2.26. The molecule has 0 aliphatic heterocycles. The number of hydrogen-bond acceptors (Lipinski definition) is 3. The minimum atomic E-state index is -1.27. The van der Waals surface area contributed by atoms with Gasteiger partial charge in [-0.15, -0.1) is 0 Å². The van der Waals surface area contributed by atoms with E-state index in [-0.39, 0.29) is 5.69 Å². The van der Waals surface area contributed by atoms with Crippen LogP contribution in [0.5, 0.6) is 0 Å². The Morgan fingerprint density at radius 1 is 1.53 bits per heavy atom. The maximum Gasteiger partial charge on any atom is 0.347 e. The number of nitrogens with zero attached hydrogens (tertiary/aromatic N) is 1. The summed E-state index contributed by atoms with van der Waals surface area (Å²) in [5.74, 6) is -1.27. The summed E-state index contributed by atoms with van der Waals surface area (Å²) in [6.07, 6.45) is 1.15. The average Bonchev–Trinajstić information content (AvgIpc) is 2.18. The van der Waals surface area contributed by atoms with Crippen LogP contribution >= 0.6 is 11.6 Å². The number of halogens is 1. The third kappa shape index (κ3) is 3.07. The lowest BCUT2D eigenvalue weighted by atomic mass is 10.2. The maximum absolute atomic E-state index is 10.4. The second-order valence-corrected chi connectivity index (χ2v) is 3.06. The Bertz CT molecular complexity index is 441. The molecule has 0 aliphatic rings. The zero-order chi connectivity index (χ0) is 11.4. The van der Waals surface area contributed by atoms with E-state index in [0.717, 1.165) is 6.08 Å². The van der Waals surface area contributed by atoms with Crippen LogP contribution in [0.25, 0.3) is 6.08 Å². The van der Waals surface area contributed by atoms with Crippen LogP contribution in [0.15, 0.2) is 29.3 Å². The van der Waals surface area contributed by atoms with Gasteiger partial charge in [-0.3, -0.25) is 10.1 Å². The summed E-state index contributed by atoms with van der Waals surface area (Å²) in [6, 6.07) is 5.53. The number of carboxylic acids is 1. The Balaban J connectivity index is 3.06. The Hall–Kier alpha value is -1.88. The Labute approximate surface area is 89.7 Å². The van der Waals surface area contributed by atoms with Crippen molar-refractivity contribution in [3.8, 4) is 0 Å². The van der Waals surface area contributed by atoms with Crippen molar-refractivity contribution < 1.29 is 14.8 Å². The van der Waals surface area contributed by atoms with Gasteiger partial charge < -0.3 is 5.11 Å². The van der Waals surface area contributed by atoms with Crippen molar-refractivity contribution >= 4 is 29.3 Å². The molecule has 1 aromatic rings. The van der Waals surface area contributed by atoms with Crippen molar-refractivity contribution in [2.24, 2.45) is 0 Å². The molecule has 15 heavy (non-hydrogen) atoms. The van der Waals surface area contributed by atoms with Gasteiger partial charge in [0.2, 0.25) is 0 Å². The fourth-order valence-electron chi connectivity index (χ4n) is 0.936. The molecule has 1 aromatic carbocycles. The first-order chi connectivity index (χ1) is 7.00. The van der Waals surface area contributed by atoms with Crippen molar-refractivity contribution in [2.45, 2.75) is 0 Å². The summed E-state index contributed by atoms with van der Waals surface area (Å²) in [5, 5.41) is 18.5. The first-order valence-corrected chi connectivity index (χ1v) is 4.23. The van der Waals surface area contributed by atoms with Gasteiger partial charge in [-0.25, -0.2) is 4.79 Å². The first-order valence-electron chi connectivity index (χ1n) is 3.85. The fraction of sp³-hybridized carbons (Fsp3) is 0. The Morgan fingerprint density at radius 3 is 2.73 bits per heavy atom. The lowest BCUT2D eigenvalue weighted by Gasteiger charge is -1.94. The van der Waals surface area contributed by atoms with Crippen LogP contribution in [0.4, 0.5) is 5.69 Å². The van der Waals surface area contributed by atoms with E-state index in [1.807, 2.05) is 0 Å². The molecule has 0 radical (unpaired) electrons. The summed E-state index contributed by atoms with van der Waals surface area (Å²) in [4.78, 5) is 20.2. The molecular formula is C9H6ClNO4. The van der Waals surface area contributed by atoms with E-state index in [1.54, 1.807) is 0 Å². The van der Waals surface area contributed by atoms with E-state index >= 15 is 0 Å². The van der Waals surface area contributed by atoms with Crippen LogP contribution in [0.1, 0.15) is 5.56 Å². The molecule has 0 bridgehead atoms. The van der Waals surface area contributed by atoms with Crippen LogP contribution in [0.2, 0.25) is 0 Å². The number of aliphatic carboxylic acids is 1. The third-order valence-corrected chi connectivity index (χ3v) is 1.85. The number of hydrogen-bond donors (Lipinski definition) is 1. The largest absolute Gasteiger partial charge is 0.477 e. The number of rotatable bonds is 3. The molecule has 0 fully saturated rings. The van der Waals surface area contributed by atoms with Gasteiger partial charge in [-0.05, 0) is 11.6 Å². The number of non-ortho nitro benzene ring substituents is 1. The van der Waals surface area contributed by atoms with Crippen LogP contribution in [-0.2, 0) is 4.79 Å². The molecule has 0 aromatic heterocycles. The summed E-state index contributed by atoms with van der Waals surface area (Å²) < 4.78 is 0. The lowest BCUT2D eigenvalue weighted by Crippen LogP contribution is -1.93. The van der Waals surface area contributed by atoms with Crippen molar-refractivity contribution in [2.75, 3.05) is 0 Å². The number of carbonyl (C=O) groups is 1. The van der Waals surface area contributed by atoms with E-state index in [1.165, 1.54) is 24.3 Å². The molecule has 0 amide bonds. The molecule has 5 nitrogen and oxygen atoms in total. The molecule has 0 unspecified atom stereocenters. The van der Waals surface area contributed by atoms with E-state index < -0.39 is 15.9 Å². The van der Waals surface area contributed by atoms with Crippen LogP contribution in [0, 0.1) is 10.1 Å². The first kappa shape index (κ1) is 11.2. The molecular weight excluding hydrogens is 222 g/mol. The topological polar surface area (TPSA) is 80.4 Å². The molecule has 1 rings (SSSR count). The van der Waals surface area contributed by atoms with E-state index in [9.17, 15) is 14.9 Å². The number of nitro benzene ring substituents is 1. The van der Waals surface area contributed by atoms with E-state index in [0.29, 0.717) is 5.56 Å². The average molecular weight is 228 g/mol. The predicted molar refractivity (Wildman–Crippen MR) is 54.6 cm³/mol. The molecule has 0 aliphatic carbocycles. The standard InChI is InChI=1S/C9H6ClNO4/c10-8(9(12)13)5-6-2-1-3-7(4-6)11(14)15/h1-5H,(H,12,13). The van der Waals surface area contributed by atoms with Crippen molar-refractivity contribution in [1.29, 1.82) is 0 Å². The SMILES string of the molecule is O=C(O)C(Cl)=Cc1cccc([N+](=O)[O-])c1. The molecule has 0 atom stereocenters. The number of carboxylic acid groups (broad SMARTS) is 1. The van der Waals surface area contributed by atoms with E-state index in [4.69, 9.17) is 16.7 Å². The van der Waals surface area contributed by atoms with Gasteiger partial charge in [0.1, 0.15) is 5.03 Å². The van der Waals surface area contributed by atoms with Crippen LogP contribution < -0.4 is 0 Å². The van der Waals surface area contributed by atoms with Crippen LogP contribution in [0.3, 0.4) is 0 Å². The fourth-order valence-corrected chi connectivity index (χ4v) is 1.06. The number of benzene rings is 1.